The van der Waals surface area contributed by atoms with Gasteiger partial charge in [-0.1, -0.05) is 50.8 Å². The van der Waals surface area contributed by atoms with E-state index in [1.54, 1.807) is 0 Å². The first-order valence-electron chi connectivity index (χ1n) is 12.5. The lowest BCUT2D eigenvalue weighted by Crippen LogP contribution is -2.51. The third-order valence-corrected chi connectivity index (χ3v) is 9.53. The van der Waals surface area contributed by atoms with E-state index in [9.17, 15) is 10.0 Å². The van der Waals surface area contributed by atoms with Crippen molar-refractivity contribution in [2.24, 2.45) is 33.7 Å². The predicted octanol–water partition coefficient (Wildman–Crippen LogP) is 6.66. The number of allylic oxidation sites excluding steroid dienone is 2. The molecule has 0 saturated heterocycles. The fourth-order valence-electron chi connectivity index (χ4n) is 7.71. The minimum Gasteiger partial charge on any atom is -0.462 e. The Morgan fingerprint density at radius 3 is 2.70 bits per heavy atom. The molecule has 0 spiro atoms. The molecule has 4 nitrogen and oxygen atoms in total. The van der Waals surface area contributed by atoms with Crippen molar-refractivity contribution in [3.05, 3.63) is 11.6 Å². The van der Waals surface area contributed by atoms with Crippen LogP contribution in [0.2, 0.25) is 0 Å². The van der Waals surface area contributed by atoms with Crippen LogP contribution in [0.3, 0.4) is 0 Å². The van der Waals surface area contributed by atoms with Crippen LogP contribution in [-0.4, -0.2) is 23.0 Å². The maximum atomic E-state index is 12.5. The van der Waals surface area contributed by atoms with E-state index in [4.69, 9.17) is 4.74 Å². The smallest absolute Gasteiger partial charge is 0.306 e. The Labute approximate surface area is 182 Å². The summed E-state index contributed by atoms with van der Waals surface area (Å²) in [5, 5.41) is 12.7. The van der Waals surface area contributed by atoms with E-state index in [0.29, 0.717) is 12.3 Å². The normalized spacial score (nSPS) is 41.6. The molecule has 1 N–H and O–H groups in total. The van der Waals surface area contributed by atoms with Crippen molar-refractivity contribution in [2.45, 2.75) is 110 Å². The molecule has 0 aromatic heterocycles. The Bertz CT molecular complexity index is 713. The molecule has 4 aliphatic carbocycles. The molecule has 0 aromatic carbocycles. The summed E-state index contributed by atoms with van der Waals surface area (Å²) in [6.45, 7) is 7.08. The minimum absolute atomic E-state index is 0.0315. The van der Waals surface area contributed by atoms with Gasteiger partial charge in [-0.05, 0) is 87.0 Å². The maximum Gasteiger partial charge on any atom is 0.306 e. The monoisotopic (exact) mass is 415 g/mol. The average Bonchev–Trinajstić information content (AvgIpc) is 3.07. The number of rotatable bonds is 6. The van der Waals surface area contributed by atoms with Gasteiger partial charge in [0.2, 0.25) is 0 Å². The van der Waals surface area contributed by atoms with Gasteiger partial charge in [-0.3, -0.25) is 4.79 Å². The van der Waals surface area contributed by atoms with Crippen LogP contribution >= 0.6 is 0 Å². The van der Waals surface area contributed by atoms with E-state index in [1.807, 2.05) is 0 Å². The summed E-state index contributed by atoms with van der Waals surface area (Å²) in [5.74, 6) is 2.18. The number of oxime groups is 1. The summed E-state index contributed by atoms with van der Waals surface area (Å²) in [7, 11) is 0. The third-order valence-electron chi connectivity index (χ3n) is 9.53. The van der Waals surface area contributed by atoms with Gasteiger partial charge >= 0.3 is 5.97 Å². The standard InChI is InChI=1S/C26H41NO3/c1-4-5-6-7-8-24(28)30-23-12-11-21-20-10-9-18-17-19(27-29)13-15-25(18,2)22(20)14-16-26(21,23)3/h17,20-23,29H,4-16H2,1-3H3/b27-19-/t20-,21-,22-,23?,25-,26-/m0/s1. The van der Waals surface area contributed by atoms with Crippen LogP contribution in [0.25, 0.3) is 0 Å². The van der Waals surface area contributed by atoms with Gasteiger partial charge in [0.1, 0.15) is 6.10 Å². The summed E-state index contributed by atoms with van der Waals surface area (Å²) in [4.78, 5) is 12.5. The van der Waals surface area contributed by atoms with Crippen LogP contribution in [0.5, 0.6) is 0 Å². The fraction of sp³-hybridized carbons (Fsp3) is 0.846. The zero-order chi connectivity index (χ0) is 21.4. The van der Waals surface area contributed by atoms with Gasteiger partial charge in [-0.15, -0.1) is 0 Å². The number of unbranched alkanes of at least 4 members (excludes halogenated alkanes) is 3. The van der Waals surface area contributed by atoms with Crippen LogP contribution in [0.4, 0.5) is 0 Å². The predicted molar refractivity (Wildman–Crippen MR) is 120 cm³/mol. The van der Waals surface area contributed by atoms with Crippen molar-refractivity contribution >= 4 is 11.7 Å². The summed E-state index contributed by atoms with van der Waals surface area (Å²) >= 11 is 0. The van der Waals surface area contributed by atoms with Gasteiger partial charge in [0.25, 0.3) is 0 Å². The Kier molecular flexibility index (Phi) is 6.33. The zero-order valence-corrected chi connectivity index (χ0v) is 19.3. The van der Waals surface area contributed by atoms with E-state index in [-0.39, 0.29) is 22.9 Å². The molecule has 0 aromatic rings. The molecule has 168 valence electrons. The van der Waals surface area contributed by atoms with Crippen LogP contribution in [-0.2, 0) is 9.53 Å². The van der Waals surface area contributed by atoms with Gasteiger partial charge in [0.15, 0.2) is 0 Å². The second-order valence-corrected chi connectivity index (χ2v) is 11.0. The molecule has 4 rings (SSSR count). The SMILES string of the molecule is CCCCCCC(=O)OC1CC[C@H]2[C@@H]3CCC4=C/C(=N\O)CC[C@]4(C)[C@H]3CC[C@]12C. The Morgan fingerprint density at radius 1 is 1.10 bits per heavy atom. The Balaban J connectivity index is 1.43. The van der Waals surface area contributed by atoms with Crippen LogP contribution in [0, 0.1) is 28.6 Å². The van der Waals surface area contributed by atoms with Crippen molar-refractivity contribution < 1.29 is 14.7 Å². The third kappa shape index (κ3) is 3.73. The van der Waals surface area contributed by atoms with Crippen molar-refractivity contribution in [2.75, 3.05) is 0 Å². The molecule has 0 aliphatic heterocycles. The first kappa shape index (κ1) is 21.9. The maximum absolute atomic E-state index is 12.5. The van der Waals surface area contributed by atoms with Crippen LogP contribution in [0.15, 0.2) is 16.8 Å². The van der Waals surface area contributed by atoms with Crippen molar-refractivity contribution in [3.8, 4) is 0 Å². The van der Waals surface area contributed by atoms with Gasteiger partial charge < -0.3 is 9.94 Å². The highest BCUT2D eigenvalue weighted by Crippen LogP contribution is 2.65. The van der Waals surface area contributed by atoms with E-state index >= 15 is 0 Å². The highest BCUT2D eigenvalue weighted by molar-refractivity contribution is 5.96. The van der Waals surface area contributed by atoms with E-state index < -0.39 is 0 Å². The number of ether oxygens (including phenoxy) is 1. The summed E-state index contributed by atoms with van der Waals surface area (Å²) < 4.78 is 6.11. The first-order chi connectivity index (χ1) is 14.4. The Hall–Kier alpha value is -1.32. The first-order valence-corrected chi connectivity index (χ1v) is 12.5. The Morgan fingerprint density at radius 2 is 1.93 bits per heavy atom. The largest absolute Gasteiger partial charge is 0.462 e. The lowest BCUT2D eigenvalue weighted by molar-refractivity contribution is -0.159. The van der Waals surface area contributed by atoms with Gasteiger partial charge in [-0.2, -0.15) is 0 Å². The highest BCUT2D eigenvalue weighted by Gasteiger charge is 2.59. The second-order valence-electron chi connectivity index (χ2n) is 11.0. The quantitative estimate of drug-likeness (QED) is 0.228. The highest BCUT2D eigenvalue weighted by atomic mass is 16.5. The summed E-state index contributed by atoms with van der Waals surface area (Å²) in [6.07, 6.45) is 16.4. The molecule has 0 amide bonds. The fourth-order valence-corrected chi connectivity index (χ4v) is 7.71. The molecule has 6 atom stereocenters. The number of nitrogens with zero attached hydrogens (tertiary/aromatic N) is 1. The minimum atomic E-state index is 0.0315. The molecule has 0 bridgehead atoms. The number of hydrogen-bond donors (Lipinski definition) is 1. The van der Waals surface area contributed by atoms with E-state index in [0.717, 1.165) is 56.1 Å². The molecule has 4 aliphatic rings. The van der Waals surface area contributed by atoms with E-state index in [2.05, 4.69) is 32.0 Å². The van der Waals surface area contributed by atoms with Crippen LogP contribution in [0.1, 0.15) is 104 Å². The van der Waals surface area contributed by atoms with Crippen molar-refractivity contribution in [3.63, 3.8) is 0 Å². The zero-order valence-electron chi connectivity index (χ0n) is 19.3. The molecule has 3 saturated carbocycles. The molecular weight excluding hydrogens is 374 g/mol. The molecule has 0 radical (unpaired) electrons. The second kappa shape index (κ2) is 8.67. The van der Waals surface area contributed by atoms with E-state index in [1.165, 1.54) is 44.1 Å². The average molecular weight is 416 g/mol. The number of carbonyl (C=O) groups is 1. The molecular formula is C26H41NO3. The van der Waals surface area contributed by atoms with Crippen molar-refractivity contribution in [1.82, 2.24) is 0 Å². The lowest BCUT2D eigenvalue weighted by Gasteiger charge is -2.58. The van der Waals surface area contributed by atoms with Gasteiger partial charge in [0, 0.05) is 11.8 Å². The molecule has 4 heteroatoms. The summed E-state index contributed by atoms with van der Waals surface area (Å²) in [6, 6.07) is 0. The van der Waals surface area contributed by atoms with Gasteiger partial charge in [0.05, 0.1) is 5.71 Å². The van der Waals surface area contributed by atoms with Gasteiger partial charge in [-0.25, -0.2) is 0 Å². The summed E-state index contributed by atoms with van der Waals surface area (Å²) in [5.41, 5.74) is 2.78. The number of fused-ring (bicyclic) bond motifs is 5. The van der Waals surface area contributed by atoms with Crippen molar-refractivity contribution in [1.29, 1.82) is 0 Å². The molecule has 30 heavy (non-hydrogen) atoms. The topological polar surface area (TPSA) is 58.9 Å². The molecule has 3 fully saturated rings. The molecule has 0 heterocycles. The lowest BCUT2D eigenvalue weighted by atomic mass is 9.47. The van der Waals surface area contributed by atoms with Crippen LogP contribution < -0.4 is 0 Å². The number of hydrogen-bond acceptors (Lipinski definition) is 4. The number of esters is 1. The molecule has 1 unspecified atom stereocenters. The number of carbonyl (C=O) groups excluding carboxylic acids is 1.